The van der Waals surface area contributed by atoms with Crippen molar-refractivity contribution in [2.24, 2.45) is 0 Å². The molecule has 0 aliphatic heterocycles. The predicted molar refractivity (Wildman–Crippen MR) is 265 cm³/mol. The van der Waals surface area contributed by atoms with Crippen molar-refractivity contribution in [3.63, 3.8) is 0 Å². The minimum atomic E-state index is -1.91. The van der Waals surface area contributed by atoms with Crippen molar-refractivity contribution < 1.29 is 158 Å². The van der Waals surface area contributed by atoms with E-state index in [4.69, 9.17) is 49.6 Å². The highest BCUT2D eigenvalue weighted by Crippen LogP contribution is 2.16. The van der Waals surface area contributed by atoms with Crippen LogP contribution in [0.5, 0.6) is 0 Å². The number of carbonyl (C=O) groups excluding carboxylic acids is 8. The Labute approximate surface area is 456 Å². The maximum Gasteiger partial charge on any atom is 0.330 e. The van der Waals surface area contributed by atoms with Crippen LogP contribution in [0.2, 0.25) is 0 Å². The zero-order chi connectivity index (χ0) is 62.8. The molecule has 0 heterocycles. The van der Waals surface area contributed by atoms with Crippen LogP contribution < -0.4 is 0 Å². The first-order valence-corrected chi connectivity index (χ1v) is 22.6. The second-order valence-electron chi connectivity index (χ2n) is 15.0. The quantitative estimate of drug-likeness (QED) is 0.0157. The first-order valence-electron chi connectivity index (χ1n) is 22.6. The maximum atomic E-state index is 11.6. The SMILES string of the molecule is C=CC(=O)OC[C@@H](O)[C@@H](O)[C@H](O)[C@@H](O)CO.C=CC(=O)OC[C@@H](OC(=O)C=C)[C@@H](O)[C@H](O)[C@@H](O)CO.C=CC(=O)OC[C@H](O)[C@@H](O)[C@H](OC(=O)C=C)[C@@H](COC(=O)C=C)OC(=O)C=C.C=CC(=O)O[C@@H](CO)[C@@H](O)[C@H](O)[C@H](O)CO. The minimum Gasteiger partial charge on any atom is -0.460 e. The molecule has 0 bridgehead atoms. The molecule has 456 valence electrons. The van der Waals surface area contributed by atoms with E-state index in [0.717, 1.165) is 48.6 Å². The first-order chi connectivity index (χ1) is 37.5. The lowest BCUT2D eigenvalue weighted by atomic mass is 10.0. The molecule has 0 saturated heterocycles. The van der Waals surface area contributed by atoms with Crippen molar-refractivity contribution >= 4 is 47.8 Å². The van der Waals surface area contributed by atoms with Crippen LogP contribution in [-0.2, 0) is 76.3 Å². The fraction of sp³-hybridized carbons (Fsp3) is 0.500. The normalized spacial score (nSPS) is 16.4. The lowest BCUT2D eigenvalue weighted by Crippen LogP contribution is -2.51. The molecular formula is C48H72O32. The Hall–Kier alpha value is -6.96. The van der Waals surface area contributed by atoms with E-state index in [2.05, 4.69) is 71.6 Å². The molecule has 0 rings (SSSR count). The summed E-state index contributed by atoms with van der Waals surface area (Å²) in [6.07, 6.45) is -20.1. The van der Waals surface area contributed by atoms with Crippen molar-refractivity contribution in [1.82, 2.24) is 0 Å². The highest BCUT2D eigenvalue weighted by atomic mass is 16.6. The molecule has 0 saturated carbocycles. The van der Waals surface area contributed by atoms with E-state index in [0.29, 0.717) is 0 Å². The summed E-state index contributed by atoms with van der Waals surface area (Å²) in [5.74, 6) is -7.20. The van der Waals surface area contributed by atoms with E-state index < -0.39 is 198 Å². The molecule has 80 heavy (non-hydrogen) atoms. The molecule has 0 radical (unpaired) electrons. The second-order valence-corrected chi connectivity index (χ2v) is 15.0. The first kappa shape index (κ1) is 79.5. The fourth-order valence-corrected chi connectivity index (χ4v) is 4.74. The van der Waals surface area contributed by atoms with Crippen LogP contribution >= 0.6 is 0 Å². The predicted octanol–water partition coefficient (Wildman–Crippen LogP) is -8.45. The molecule has 0 amide bonds. The third kappa shape index (κ3) is 34.1. The van der Waals surface area contributed by atoms with Gasteiger partial charge in [0.1, 0.15) is 99.7 Å². The summed E-state index contributed by atoms with van der Waals surface area (Å²) < 4.78 is 37.5. The van der Waals surface area contributed by atoms with Crippen LogP contribution in [-0.4, -0.2) is 280 Å². The molecule has 32 nitrogen and oxygen atoms in total. The minimum absolute atomic E-state index is 0.554. The van der Waals surface area contributed by atoms with Gasteiger partial charge in [-0.1, -0.05) is 52.6 Å². The number of hydrogen-bond donors (Lipinski definition) is 16. The summed E-state index contributed by atoms with van der Waals surface area (Å²) in [5, 5.41) is 148. The van der Waals surface area contributed by atoms with Crippen molar-refractivity contribution in [2.45, 2.75) is 97.7 Å². The zero-order valence-corrected chi connectivity index (χ0v) is 42.9. The molecule has 16 N–H and O–H groups in total. The third-order valence-corrected chi connectivity index (χ3v) is 9.19. The van der Waals surface area contributed by atoms with Gasteiger partial charge in [-0.15, -0.1) is 0 Å². The zero-order valence-electron chi connectivity index (χ0n) is 42.9. The van der Waals surface area contributed by atoms with Crippen molar-refractivity contribution in [3.05, 3.63) is 101 Å². The number of ether oxygens (including phenoxy) is 8. The van der Waals surface area contributed by atoms with Gasteiger partial charge in [0.15, 0.2) is 24.4 Å². The molecule has 0 spiro atoms. The van der Waals surface area contributed by atoms with E-state index in [1.54, 1.807) is 0 Å². The van der Waals surface area contributed by atoms with Gasteiger partial charge in [0.05, 0.1) is 26.4 Å². The van der Waals surface area contributed by atoms with Crippen LogP contribution in [0.4, 0.5) is 0 Å². The van der Waals surface area contributed by atoms with Crippen LogP contribution in [0, 0.1) is 0 Å². The van der Waals surface area contributed by atoms with E-state index in [9.17, 15) is 89.4 Å². The van der Waals surface area contributed by atoms with E-state index in [1.165, 1.54) is 0 Å². The van der Waals surface area contributed by atoms with Gasteiger partial charge in [-0.2, -0.15) is 0 Å². The summed E-state index contributed by atoms with van der Waals surface area (Å²) in [4.78, 5) is 88.9. The summed E-state index contributed by atoms with van der Waals surface area (Å²) in [5.41, 5.74) is 0. The average molecular weight is 1160 g/mol. The smallest absolute Gasteiger partial charge is 0.330 e. The molecule has 0 aromatic rings. The Balaban J connectivity index is -0.000000496. The number of aliphatic hydroxyl groups is 16. The Kier molecular flexibility index (Phi) is 45.6. The van der Waals surface area contributed by atoms with Crippen LogP contribution in [0.15, 0.2) is 101 Å². The van der Waals surface area contributed by atoms with Gasteiger partial charge in [0.25, 0.3) is 0 Å². The average Bonchev–Trinajstić information content (AvgIpc) is 3.47. The highest BCUT2D eigenvalue weighted by molar-refractivity contribution is 5.84. The fourth-order valence-electron chi connectivity index (χ4n) is 4.74. The largest absolute Gasteiger partial charge is 0.460 e. The number of hydrogen-bond acceptors (Lipinski definition) is 32. The summed E-state index contributed by atoms with van der Waals surface area (Å²) in [6, 6.07) is 0. The van der Waals surface area contributed by atoms with Crippen LogP contribution in [0.1, 0.15) is 0 Å². The number of rotatable bonds is 36. The van der Waals surface area contributed by atoms with Gasteiger partial charge in [-0.3, -0.25) is 0 Å². The summed E-state index contributed by atoms with van der Waals surface area (Å²) >= 11 is 0. The van der Waals surface area contributed by atoms with Crippen LogP contribution in [0.3, 0.4) is 0 Å². The maximum absolute atomic E-state index is 11.6. The van der Waals surface area contributed by atoms with Crippen molar-refractivity contribution in [3.8, 4) is 0 Å². The van der Waals surface area contributed by atoms with Gasteiger partial charge >= 0.3 is 47.8 Å². The molecule has 0 fully saturated rings. The molecule has 0 aromatic carbocycles. The van der Waals surface area contributed by atoms with Crippen molar-refractivity contribution in [1.29, 1.82) is 0 Å². The van der Waals surface area contributed by atoms with Gasteiger partial charge in [0.2, 0.25) is 0 Å². The molecule has 32 heteroatoms. The Bertz CT molecular complexity index is 1960. The summed E-state index contributed by atoms with van der Waals surface area (Å²) in [6.45, 7) is 19.7. The van der Waals surface area contributed by atoms with E-state index in [-0.39, 0.29) is 0 Å². The van der Waals surface area contributed by atoms with Gasteiger partial charge in [-0.25, -0.2) is 38.4 Å². The molecule has 16 atom stereocenters. The lowest BCUT2D eigenvalue weighted by molar-refractivity contribution is -0.188. The number of aliphatic hydroxyl groups excluding tert-OH is 16. The highest BCUT2D eigenvalue weighted by Gasteiger charge is 2.40. The van der Waals surface area contributed by atoms with E-state index >= 15 is 0 Å². The van der Waals surface area contributed by atoms with E-state index in [1.807, 2.05) is 0 Å². The molecular weight excluding hydrogens is 1090 g/mol. The Morgan fingerprint density at radius 3 is 0.825 bits per heavy atom. The van der Waals surface area contributed by atoms with Gasteiger partial charge < -0.3 is 120 Å². The summed E-state index contributed by atoms with van der Waals surface area (Å²) in [7, 11) is 0. The number of carbonyl (C=O) groups is 8. The molecule has 0 aliphatic rings. The second kappa shape index (κ2) is 45.9. The molecule has 0 unspecified atom stereocenters. The Morgan fingerprint density at radius 2 is 0.512 bits per heavy atom. The number of esters is 8. The monoisotopic (exact) mass is 1160 g/mol. The standard InChI is InChI=1S/C18H22O10.C12H18O8.2C9H16O7/c1-5-13(20)25-9-11(19)17(24)18(28-16(23)8-4)12(27-15(22)7-3)10-26-14(21)6-2;1-3-9(15)19-6-8(20-10(16)4-2)12(18)11(17)7(14)5-13;1-2-7(13)16-4-6(12)9(15)8(14)5(11)3-10;1-2-7(13)16-6(4-11)9(15)8(14)5(12)3-10/h5-8,11-12,17-19,24H,1-4,9-10H2;3-4,7-8,11-14,17-18H,1-2,5-6H2;2*2,5-6,8-12,14-15H,1,3-4H2/t11-,12+,17+,18+;7-,8+,11+,12+;5-,6+,8+,9+;5-,6+,8-,9-/m0001/s1. The Morgan fingerprint density at radius 1 is 0.275 bits per heavy atom. The lowest BCUT2D eigenvalue weighted by Gasteiger charge is -2.31. The molecule has 0 aromatic heterocycles. The van der Waals surface area contributed by atoms with Crippen LogP contribution in [0.25, 0.3) is 0 Å². The van der Waals surface area contributed by atoms with Crippen molar-refractivity contribution in [2.75, 3.05) is 52.9 Å². The molecule has 0 aliphatic carbocycles. The van der Waals surface area contributed by atoms with Gasteiger partial charge in [-0.05, 0) is 0 Å². The third-order valence-electron chi connectivity index (χ3n) is 9.19. The topological polar surface area (TPSA) is 534 Å². The van der Waals surface area contributed by atoms with Gasteiger partial charge in [0, 0.05) is 48.6 Å².